The molecule has 1 aliphatic heterocycles. The largest absolute Gasteiger partial charge is 0.506 e. The Hall–Kier alpha value is -6.50. The van der Waals surface area contributed by atoms with Crippen molar-refractivity contribution in [2.75, 3.05) is 0 Å². The van der Waals surface area contributed by atoms with Gasteiger partial charge in [-0.25, -0.2) is 4.79 Å². The van der Waals surface area contributed by atoms with Crippen LogP contribution < -0.4 is 5.43 Å². The molecule has 0 amide bonds. The summed E-state index contributed by atoms with van der Waals surface area (Å²) in [4.78, 5) is 50.6. The molecule has 2 aromatic carbocycles. The quantitative estimate of drug-likeness (QED) is 0.101. The summed E-state index contributed by atoms with van der Waals surface area (Å²) in [6.07, 6.45) is 0. The number of benzene rings is 3. The number of carbonyl (C=O) groups is 1. The van der Waals surface area contributed by atoms with Gasteiger partial charge in [0.15, 0.2) is 0 Å². The summed E-state index contributed by atoms with van der Waals surface area (Å²) < 4.78 is 6.98. The lowest BCUT2D eigenvalue weighted by Gasteiger charge is -2.26. The Bertz CT molecular complexity index is 2950. The van der Waals surface area contributed by atoms with Crippen molar-refractivity contribution in [1.82, 2.24) is 29.7 Å². The highest BCUT2D eigenvalue weighted by Gasteiger charge is 2.30. The first-order valence-corrected chi connectivity index (χ1v) is 21.2. The first-order valence-electron chi connectivity index (χ1n) is 20.4. The SMILES string of the molecule is Cc1cccc(CN(Cc2cccc(C)n2)Cc2c3oc4c(CN(Cc5cccc(C)n5)Cc5cccc(C)n5)c(O)c(Cl)cc4c(-c4ccccc4C(=O)O)c-3cc(Cl)c2=O)n1. The van der Waals surface area contributed by atoms with Crippen molar-refractivity contribution in [2.45, 2.75) is 67.0 Å². The third kappa shape index (κ3) is 9.62. The van der Waals surface area contributed by atoms with Crippen molar-refractivity contribution < 1.29 is 19.4 Å². The van der Waals surface area contributed by atoms with Crippen molar-refractivity contribution >= 4 is 40.1 Å². The zero-order valence-electron chi connectivity index (χ0n) is 35.2. The van der Waals surface area contributed by atoms with Gasteiger partial charge in [-0.1, -0.05) is 65.7 Å². The Morgan fingerprint density at radius 3 is 1.51 bits per heavy atom. The third-order valence-corrected chi connectivity index (χ3v) is 11.4. The minimum atomic E-state index is -1.16. The molecule has 63 heavy (non-hydrogen) atoms. The van der Waals surface area contributed by atoms with Crippen LogP contribution in [0.1, 0.15) is 67.0 Å². The number of aryl methyl sites for hydroxylation is 4. The molecule has 13 heteroatoms. The van der Waals surface area contributed by atoms with E-state index in [-0.39, 0.29) is 51.4 Å². The van der Waals surface area contributed by atoms with Gasteiger partial charge in [0.05, 0.1) is 49.5 Å². The van der Waals surface area contributed by atoms with Gasteiger partial charge in [0.25, 0.3) is 0 Å². The van der Waals surface area contributed by atoms with Crippen LogP contribution in [0.15, 0.2) is 118 Å². The van der Waals surface area contributed by atoms with Crippen molar-refractivity contribution in [3.8, 4) is 28.2 Å². The van der Waals surface area contributed by atoms with E-state index in [0.29, 0.717) is 53.8 Å². The summed E-state index contributed by atoms with van der Waals surface area (Å²) in [5.74, 6) is -1.20. The summed E-state index contributed by atoms with van der Waals surface area (Å²) in [5, 5.41) is 22.9. The fourth-order valence-electron chi connectivity index (χ4n) is 8.11. The van der Waals surface area contributed by atoms with Crippen LogP contribution in [0.3, 0.4) is 0 Å². The first kappa shape index (κ1) is 43.2. The molecule has 0 spiro atoms. The second-order valence-corrected chi connectivity index (χ2v) is 16.6. The van der Waals surface area contributed by atoms with Gasteiger partial charge in [-0.3, -0.25) is 34.5 Å². The van der Waals surface area contributed by atoms with E-state index in [4.69, 9.17) is 47.6 Å². The second-order valence-electron chi connectivity index (χ2n) is 15.8. The Morgan fingerprint density at radius 2 is 1.05 bits per heavy atom. The predicted octanol–water partition coefficient (Wildman–Crippen LogP) is 10.5. The number of aromatic hydroxyl groups is 1. The molecule has 0 saturated carbocycles. The maximum atomic E-state index is 14.5. The summed E-state index contributed by atoms with van der Waals surface area (Å²) in [6, 6.07) is 32.9. The molecule has 4 aromatic heterocycles. The van der Waals surface area contributed by atoms with E-state index in [1.54, 1.807) is 24.3 Å². The van der Waals surface area contributed by atoms with Gasteiger partial charge in [0.2, 0.25) is 5.43 Å². The Morgan fingerprint density at radius 1 is 0.587 bits per heavy atom. The van der Waals surface area contributed by atoms with E-state index in [2.05, 4.69) is 4.90 Å². The molecule has 8 rings (SSSR count). The van der Waals surface area contributed by atoms with E-state index in [1.807, 2.05) is 105 Å². The molecule has 2 N–H and O–H groups in total. The van der Waals surface area contributed by atoms with Crippen molar-refractivity contribution in [3.63, 3.8) is 0 Å². The second kappa shape index (κ2) is 18.5. The van der Waals surface area contributed by atoms with Crippen LogP contribution in [0.25, 0.3) is 33.4 Å². The monoisotopic (exact) mass is 878 g/mol. The maximum Gasteiger partial charge on any atom is 0.336 e. The lowest BCUT2D eigenvalue weighted by molar-refractivity contribution is 0.0697. The molecule has 0 bridgehead atoms. The molecule has 6 aromatic rings. The fourth-order valence-corrected chi connectivity index (χ4v) is 8.56. The summed E-state index contributed by atoms with van der Waals surface area (Å²) in [7, 11) is 0. The van der Waals surface area contributed by atoms with E-state index in [0.717, 1.165) is 45.6 Å². The van der Waals surface area contributed by atoms with Gasteiger partial charge in [0.1, 0.15) is 17.1 Å². The molecule has 0 unspecified atom stereocenters. The van der Waals surface area contributed by atoms with Crippen molar-refractivity contribution in [1.29, 1.82) is 0 Å². The molecule has 0 atom stereocenters. The first-order chi connectivity index (χ1) is 30.3. The Balaban J connectivity index is 1.37. The number of carboxylic acid groups (broad SMARTS) is 1. The van der Waals surface area contributed by atoms with E-state index in [1.165, 1.54) is 12.1 Å². The molecular weight excluding hydrogens is 835 g/mol. The topological polar surface area (TPSA) is 146 Å². The lowest BCUT2D eigenvalue weighted by atomic mass is 9.88. The average molecular weight is 880 g/mol. The third-order valence-electron chi connectivity index (χ3n) is 10.8. The molecule has 5 heterocycles. The molecule has 318 valence electrons. The fraction of sp³-hybridized carbons (Fsp3) is 0.200. The number of pyridine rings is 4. The zero-order valence-corrected chi connectivity index (χ0v) is 36.7. The number of aromatic nitrogens is 4. The lowest BCUT2D eigenvalue weighted by Crippen LogP contribution is -2.27. The molecule has 0 fully saturated rings. The standard InChI is InChI=1S/C50H44Cl2N6O5/c1-29-11-7-15-33(53-29)23-57(24-34-16-8-12-30(2)54-34)27-41-46(59)43(51)21-39-45(37-19-5-6-20-38(37)50(61)62)40-22-44(52)47(60)42(49(40)63-48(39)41)28-58(25-35-17-9-13-31(3)55-35)26-36-18-10-14-32(4)56-36/h5-22,59H,23-28H2,1-4H3,(H,61,62). The summed E-state index contributed by atoms with van der Waals surface area (Å²) >= 11 is 13.8. The zero-order chi connectivity index (χ0) is 44.4. The molecule has 0 radical (unpaired) electrons. The van der Waals surface area contributed by atoms with Gasteiger partial charge in [-0.2, -0.15) is 0 Å². The highest BCUT2D eigenvalue weighted by Crippen LogP contribution is 2.48. The van der Waals surface area contributed by atoms with Crippen LogP contribution in [0, 0.1) is 27.7 Å². The number of hydrogen-bond donors (Lipinski definition) is 2. The number of rotatable bonds is 14. The smallest absolute Gasteiger partial charge is 0.336 e. The Kier molecular flexibility index (Phi) is 12.6. The summed E-state index contributed by atoms with van der Waals surface area (Å²) in [6.45, 7) is 9.29. The highest BCUT2D eigenvalue weighted by atomic mass is 35.5. The van der Waals surface area contributed by atoms with Gasteiger partial charge in [0, 0.05) is 78.6 Å². The average Bonchev–Trinajstić information content (AvgIpc) is 3.23. The van der Waals surface area contributed by atoms with Gasteiger partial charge in [-0.15, -0.1) is 0 Å². The van der Waals surface area contributed by atoms with Crippen LogP contribution in [-0.4, -0.2) is 45.9 Å². The number of aromatic carboxylic acids is 1. The van der Waals surface area contributed by atoms with Crippen LogP contribution >= 0.6 is 23.2 Å². The van der Waals surface area contributed by atoms with Crippen LogP contribution in [0.2, 0.25) is 10.0 Å². The molecule has 2 aliphatic rings. The van der Waals surface area contributed by atoms with E-state index >= 15 is 0 Å². The van der Waals surface area contributed by atoms with E-state index < -0.39 is 11.4 Å². The molecule has 0 saturated heterocycles. The minimum absolute atomic E-state index is 0.0104. The van der Waals surface area contributed by atoms with Gasteiger partial charge < -0.3 is 14.6 Å². The van der Waals surface area contributed by atoms with Gasteiger partial charge >= 0.3 is 5.97 Å². The highest BCUT2D eigenvalue weighted by molar-refractivity contribution is 6.33. The predicted molar refractivity (Wildman–Crippen MR) is 245 cm³/mol. The minimum Gasteiger partial charge on any atom is -0.506 e. The van der Waals surface area contributed by atoms with Gasteiger partial charge in [-0.05, 0) is 100.0 Å². The molecular formula is C50H44Cl2N6O5. The van der Waals surface area contributed by atoms with Crippen LogP contribution in [0.5, 0.6) is 5.75 Å². The summed E-state index contributed by atoms with van der Waals surface area (Å²) in [5.41, 5.74) is 8.06. The molecule has 11 nitrogen and oxygen atoms in total. The maximum absolute atomic E-state index is 14.5. The number of phenolic OH excluding ortho intramolecular Hbond substituents is 1. The number of nitrogens with zero attached hydrogens (tertiary/aromatic N) is 6. The number of phenols is 1. The number of halogens is 2. The number of hydrogen-bond acceptors (Lipinski definition) is 10. The van der Waals surface area contributed by atoms with Crippen molar-refractivity contribution in [3.05, 3.63) is 192 Å². The number of fused-ring (bicyclic) bond motifs is 2. The molecule has 1 aliphatic carbocycles. The normalized spacial score (nSPS) is 11.6. The van der Waals surface area contributed by atoms with Crippen LogP contribution in [0.4, 0.5) is 0 Å². The van der Waals surface area contributed by atoms with Crippen LogP contribution in [-0.2, 0) is 39.3 Å². The number of carboxylic acids is 1. The van der Waals surface area contributed by atoms with E-state index in [9.17, 15) is 19.8 Å². The van der Waals surface area contributed by atoms with Crippen molar-refractivity contribution in [2.24, 2.45) is 0 Å². The Labute approximate surface area is 374 Å².